The highest BCUT2D eigenvalue weighted by Crippen LogP contribution is 2.17. The van der Waals surface area contributed by atoms with Crippen LogP contribution in [0.25, 0.3) is 10.8 Å². The fraction of sp³-hybridized carbons (Fsp3) is 0. The normalized spacial score (nSPS) is 10.1. The van der Waals surface area contributed by atoms with Crippen LogP contribution in [0.4, 0.5) is 5.69 Å². The Morgan fingerprint density at radius 2 is 1.63 bits per heavy atom. The molecule has 0 saturated carbocycles. The molecule has 1 amide bonds. The van der Waals surface area contributed by atoms with Crippen molar-refractivity contribution in [3.8, 4) is 11.8 Å². The number of benzene rings is 3. The lowest BCUT2D eigenvalue weighted by Crippen LogP contribution is -2.11. The van der Waals surface area contributed by atoms with E-state index in [1.807, 2.05) is 84.9 Å². The molecule has 0 radical (unpaired) electrons. The van der Waals surface area contributed by atoms with Gasteiger partial charge in [0.1, 0.15) is 5.69 Å². The second kappa shape index (κ2) is 7.55. The minimum atomic E-state index is -0.143. The summed E-state index contributed by atoms with van der Waals surface area (Å²) in [6.45, 7) is 0. The van der Waals surface area contributed by atoms with Crippen molar-refractivity contribution in [1.29, 1.82) is 0 Å². The number of nitrogens with zero attached hydrogens (tertiary/aromatic N) is 1. The monoisotopic (exact) mass is 348 g/mol. The molecule has 0 aliphatic heterocycles. The molecular weight excluding hydrogens is 332 g/mol. The predicted molar refractivity (Wildman–Crippen MR) is 109 cm³/mol. The molecule has 0 spiro atoms. The summed E-state index contributed by atoms with van der Waals surface area (Å²) in [6, 6.07) is 26.8. The Morgan fingerprint density at radius 1 is 0.778 bits per heavy atom. The van der Waals surface area contributed by atoms with Crippen molar-refractivity contribution < 1.29 is 4.79 Å². The zero-order chi connectivity index (χ0) is 18.5. The highest BCUT2D eigenvalue weighted by Gasteiger charge is 2.07. The van der Waals surface area contributed by atoms with Crippen LogP contribution in [-0.4, -0.2) is 10.9 Å². The van der Waals surface area contributed by atoms with Gasteiger partial charge in [-0.15, -0.1) is 0 Å². The lowest BCUT2D eigenvalue weighted by Gasteiger charge is -2.07. The third-order valence-electron chi connectivity index (χ3n) is 4.13. The van der Waals surface area contributed by atoms with Gasteiger partial charge in [-0.25, -0.2) is 4.98 Å². The summed E-state index contributed by atoms with van der Waals surface area (Å²) in [7, 11) is 0. The number of pyridine rings is 1. The van der Waals surface area contributed by atoms with Crippen LogP contribution in [0.15, 0.2) is 91.1 Å². The van der Waals surface area contributed by atoms with Crippen molar-refractivity contribution in [2.45, 2.75) is 0 Å². The molecule has 3 aromatic carbocycles. The van der Waals surface area contributed by atoms with Gasteiger partial charge in [-0.3, -0.25) is 4.79 Å². The van der Waals surface area contributed by atoms with E-state index in [2.05, 4.69) is 22.1 Å². The molecule has 0 unspecified atom stereocenters. The predicted octanol–water partition coefficient (Wildman–Crippen LogP) is 4.89. The molecule has 4 rings (SSSR count). The number of nitrogens with one attached hydrogen (secondary N) is 1. The molecular formula is C24H16N2O. The molecule has 1 aromatic heterocycles. The molecule has 0 atom stereocenters. The van der Waals surface area contributed by atoms with Gasteiger partial charge < -0.3 is 5.32 Å². The highest BCUT2D eigenvalue weighted by atomic mass is 16.1. The van der Waals surface area contributed by atoms with Gasteiger partial charge in [0.2, 0.25) is 0 Å². The second-order valence-corrected chi connectivity index (χ2v) is 6.06. The lowest BCUT2D eigenvalue weighted by molar-refractivity contribution is 0.102. The Morgan fingerprint density at radius 3 is 2.48 bits per heavy atom. The Bertz CT molecular complexity index is 1170. The summed E-state index contributed by atoms with van der Waals surface area (Å²) in [5.41, 5.74) is 2.86. The van der Waals surface area contributed by atoms with Gasteiger partial charge in [0.25, 0.3) is 5.91 Å². The van der Waals surface area contributed by atoms with E-state index in [-0.39, 0.29) is 5.91 Å². The fourth-order valence-corrected chi connectivity index (χ4v) is 2.78. The molecule has 3 nitrogen and oxygen atoms in total. The van der Waals surface area contributed by atoms with Gasteiger partial charge in [0.15, 0.2) is 0 Å². The molecule has 128 valence electrons. The third kappa shape index (κ3) is 4.02. The quantitative estimate of drug-likeness (QED) is 0.524. The molecule has 1 heterocycles. The van der Waals surface area contributed by atoms with Gasteiger partial charge in [-0.2, -0.15) is 0 Å². The minimum Gasteiger partial charge on any atom is -0.322 e. The molecule has 1 N–H and O–H groups in total. The van der Waals surface area contributed by atoms with Crippen LogP contribution in [0.5, 0.6) is 0 Å². The third-order valence-corrected chi connectivity index (χ3v) is 4.13. The van der Waals surface area contributed by atoms with Crippen LogP contribution in [0, 0.1) is 11.8 Å². The number of amides is 1. The van der Waals surface area contributed by atoms with E-state index >= 15 is 0 Å². The number of carbonyl (C=O) groups is 1. The van der Waals surface area contributed by atoms with Gasteiger partial charge in [-0.1, -0.05) is 48.4 Å². The number of fused-ring (bicyclic) bond motifs is 1. The van der Waals surface area contributed by atoms with Crippen molar-refractivity contribution in [3.63, 3.8) is 0 Å². The van der Waals surface area contributed by atoms with Gasteiger partial charge in [0, 0.05) is 23.0 Å². The van der Waals surface area contributed by atoms with E-state index in [1.165, 1.54) is 0 Å². The van der Waals surface area contributed by atoms with E-state index in [4.69, 9.17) is 0 Å². The van der Waals surface area contributed by atoms with Crippen molar-refractivity contribution in [2.75, 3.05) is 5.32 Å². The maximum Gasteiger partial charge on any atom is 0.255 e. The van der Waals surface area contributed by atoms with Crippen LogP contribution in [0.2, 0.25) is 0 Å². The average Bonchev–Trinajstić information content (AvgIpc) is 2.73. The first-order chi connectivity index (χ1) is 13.3. The number of anilines is 1. The van der Waals surface area contributed by atoms with E-state index in [9.17, 15) is 4.79 Å². The first-order valence-electron chi connectivity index (χ1n) is 8.61. The summed E-state index contributed by atoms with van der Waals surface area (Å²) >= 11 is 0. The SMILES string of the molecule is O=C(Nc1cccc(C#Cc2ccccn2)c1)c1ccc2ccccc2c1. The summed E-state index contributed by atoms with van der Waals surface area (Å²) in [6.07, 6.45) is 1.71. The van der Waals surface area contributed by atoms with E-state index < -0.39 is 0 Å². The number of hydrogen-bond acceptors (Lipinski definition) is 2. The van der Waals surface area contributed by atoms with Crippen LogP contribution in [0.1, 0.15) is 21.6 Å². The summed E-state index contributed by atoms with van der Waals surface area (Å²) in [4.78, 5) is 16.8. The van der Waals surface area contributed by atoms with E-state index in [1.54, 1.807) is 6.20 Å². The summed E-state index contributed by atoms with van der Waals surface area (Å²) < 4.78 is 0. The standard InChI is InChI=1S/C24H16N2O/c27-24(21-13-12-19-7-1-2-8-20(19)17-21)26-23-10-5-6-18(16-23)11-14-22-9-3-4-15-25-22/h1-10,12-13,15-17H,(H,26,27). The molecule has 4 aromatic rings. The van der Waals surface area contributed by atoms with E-state index in [0.29, 0.717) is 16.9 Å². The number of carbonyl (C=O) groups excluding carboxylic acids is 1. The Kier molecular flexibility index (Phi) is 4.63. The molecule has 0 saturated heterocycles. The molecule has 27 heavy (non-hydrogen) atoms. The van der Waals surface area contributed by atoms with Gasteiger partial charge >= 0.3 is 0 Å². The number of rotatable bonds is 2. The zero-order valence-corrected chi connectivity index (χ0v) is 14.5. The van der Waals surface area contributed by atoms with Crippen LogP contribution < -0.4 is 5.32 Å². The van der Waals surface area contributed by atoms with Crippen molar-refractivity contribution in [1.82, 2.24) is 4.98 Å². The van der Waals surface area contributed by atoms with Crippen molar-refractivity contribution >= 4 is 22.4 Å². The summed E-state index contributed by atoms with van der Waals surface area (Å²) in [5, 5.41) is 5.09. The van der Waals surface area contributed by atoms with Crippen LogP contribution in [-0.2, 0) is 0 Å². The fourth-order valence-electron chi connectivity index (χ4n) is 2.78. The largest absolute Gasteiger partial charge is 0.322 e. The van der Waals surface area contributed by atoms with E-state index in [0.717, 1.165) is 16.3 Å². The average molecular weight is 348 g/mol. The zero-order valence-electron chi connectivity index (χ0n) is 14.5. The first-order valence-corrected chi connectivity index (χ1v) is 8.61. The molecule has 0 bridgehead atoms. The molecule has 3 heteroatoms. The van der Waals surface area contributed by atoms with Crippen molar-refractivity contribution in [3.05, 3.63) is 108 Å². The Hall–Kier alpha value is -3.90. The maximum atomic E-state index is 12.6. The molecule has 0 fully saturated rings. The first kappa shape index (κ1) is 16.6. The second-order valence-electron chi connectivity index (χ2n) is 6.06. The van der Waals surface area contributed by atoms with Crippen molar-refractivity contribution in [2.24, 2.45) is 0 Å². The van der Waals surface area contributed by atoms with Gasteiger partial charge in [-0.05, 0) is 59.2 Å². The Balaban J connectivity index is 1.53. The number of aromatic nitrogens is 1. The topological polar surface area (TPSA) is 42.0 Å². The minimum absolute atomic E-state index is 0.143. The highest BCUT2D eigenvalue weighted by molar-refractivity contribution is 6.06. The van der Waals surface area contributed by atoms with Gasteiger partial charge in [0.05, 0.1) is 0 Å². The molecule has 0 aliphatic carbocycles. The van der Waals surface area contributed by atoms with Crippen LogP contribution in [0.3, 0.4) is 0 Å². The lowest BCUT2D eigenvalue weighted by atomic mass is 10.1. The summed E-state index contributed by atoms with van der Waals surface area (Å²) in [5.74, 6) is 5.95. The maximum absolute atomic E-state index is 12.6. The smallest absolute Gasteiger partial charge is 0.255 e. The molecule has 0 aliphatic rings. The van der Waals surface area contributed by atoms with Crippen LogP contribution >= 0.6 is 0 Å². The Labute approximate surface area is 157 Å². The number of hydrogen-bond donors (Lipinski definition) is 1.